The summed E-state index contributed by atoms with van der Waals surface area (Å²) in [4.78, 5) is 12.1. The zero-order chi connectivity index (χ0) is 12.3. The first-order valence-corrected chi connectivity index (χ1v) is 6.47. The number of nitrogens with two attached hydrogens (primary N) is 1. The van der Waals surface area contributed by atoms with Gasteiger partial charge < -0.3 is 5.73 Å². The number of rotatable bonds is 5. The van der Waals surface area contributed by atoms with Gasteiger partial charge in [-0.3, -0.25) is 9.48 Å². The molecular weight excluding hydrogens is 214 g/mol. The molecule has 0 aromatic carbocycles. The number of aryl methyl sites for hydroxylation is 1. The summed E-state index contributed by atoms with van der Waals surface area (Å²) in [6.45, 7) is 2.96. The smallest absolute Gasteiger partial charge is 0.167 e. The Morgan fingerprint density at radius 2 is 2.24 bits per heavy atom. The molecule has 1 fully saturated rings. The van der Waals surface area contributed by atoms with Crippen molar-refractivity contribution < 1.29 is 4.79 Å². The molecule has 1 saturated carbocycles. The monoisotopic (exact) mass is 235 g/mol. The predicted octanol–water partition coefficient (Wildman–Crippen LogP) is 2.14. The molecule has 1 aromatic heterocycles. The van der Waals surface area contributed by atoms with Gasteiger partial charge in [0, 0.05) is 24.7 Å². The zero-order valence-corrected chi connectivity index (χ0v) is 10.5. The second-order valence-corrected chi connectivity index (χ2v) is 5.16. The molecule has 0 aliphatic heterocycles. The Balaban J connectivity index is 1.98. The van der Waals surface area contributed by atoms with Crippen LogP contribution in [-0.2, 0) is 6.54 Å². The van der Waals surface area contributed by atoms with E-state index < -0.39 is 0 Å². The van der Waals surface area contributed by atoms with E-state index in [1.807, 2.05) is 10.9 Å². The molecule has 0 atom stereocenters. The van der Waals surface area contributed by atoms with Gasteiger partial charge in [-0.25, -0.2) is 0 Å². The Bertz CT molecular complexity index is 391. The average Bonchev–Trinajstić information content (AvgIpc) is 2.88. The van der Waals surface area contributed by atoms with Crippen LogP contribution in [0, 0.1) is 0 Å². The minimum Gasteiger partial charge on any atom is -0.325 e. The molecule has 0 spiro atoms. The third kappa shape index (κ3) is 2.94. The number of Topliss-reactive ketones (excluding diaryl/α,β-unsaturated/α-hetero) is 1. The molecule has 1 aromatic rings. The van der Waals surface area contributed by atoms with Crippen LogP contribution in [0.5, 0.6) is 0 Å². The lowest BCUT2D eigenvalue weighted by Gasteiger charge is -2.21. The highest BCUT2D eigenvalue weighted by atomic mass is 16.1. The zero-order valence-electron chi connectivity index (χ0n) is 10.5. The molecule has 1 heterocycles. The maximum atomic E-state index is 12.1. The van der Waals surface area contributed by atoms with Crippen LogP contribution in [-0.4, -0.2) is 21.1 Å². The molecular formula is C13H21N3O. The first-order valence-electron chi connectivity index (χ1n) is 6.47. The minimum atomic E-state index is -0.260. The SMILES string of the molecule is CCCn1cc(C(=O)CC2(N)CCCC2)cn1. The maximum Gasteiger partial charge on any atom is 0.167 e. The van der Waals surface area contributed by atoms with E-state index in [1.165, 1.54) is 0 Å². The first kappa shape index (κ1) is 12.3. The summed E-state index contributed by atoms with van der Waals surface area (Å²) in [5.74, 6) is 0.136. The fourth-order valence-electron chi connectivity index (χ4n) is 2.54. The summed E-state index contributed by atoms with van der Waals surface area (Å²) in [6, 6.07) is 0. The van der Waals surface area contributed by atoms with Gasteiger partial charge in [-0.1, -0.05) is 19.8 Å². The van der Waals surface area contributed by atoms with Gasteiger partial charge in [0.1, 0.15) is 0 Å². The molecule has 1 aliphatic rings. The Morgan fingerprint density at radius 1 is 1.53 bits per heavy atom. The van der Waals surface area contributed by atoms with Gasteiger partial charge in [0.25, 0.3) is 0 Å². The fourth-order valence-corrected chi connectivity index (χ4v) is 2.54. The molecule has 4 nitrogen and oxygen atoms in total. The lowest BCUT2D eigenvalue weighted by Crippen LogP contribution is -2.38. The number of ketones is 1. The lowest BCUT2D eigenvalue weighted by molar-refractivity contribution is 0.0952. The number of carbonyl (C=O) groups is 1. The summed E-state index contributed by atoms with van der Waals surface area (Å²) in [5, 5.41) is 4.18. The number of hydrogen-bond donors (Lipinski definition) is 1. The van der Waals surface area contributed by atoms with E-state index in [2.05, 4.69) is 12.0 Å². The van der Waals surface area contributed by atoms with Gasteiger partial charge in [-0.15, -0.1) is 0 Å². The van der Waals surface area contributed by atoms with Crippen molar-refractivity contribution in [2.24, 2.45) is 5.73 Å². The molecule has 0 unspecified atom stereocenters. The molecule has 94 valence electrons. The van der Waals surface area contributed by atoms with E-state index in [9.17, 15) is 4.79 Å². The van der Waals surface area contributed by atoms with Crippen LogP contribution in [0.25, 0.3) is 0 Å². The Kier molecular flexibility index (Phi) is 3.62. The van der Waals surface area contributed by atoms with E-state index in [4.69, 9.17) is 5.73 Å². The van der Waals surface area contributed by atoms with Crippen LogP contribution in [0.15, 0.2) is 12.4 Å². The second kappa shape index (κ2) is 5.00. The normalized spacial score (nSPS) is 18.5. The third-order valence-electron chi connectivity index (χ3n) is 3.52. The highest BCUT2D eigenvalue weighted by molar-refractivity contribution is 5.96. The molecule has 2 rings (SSSR count). The van der Waals surface area contributed by atoms with Gasteiger partial charge >= 0.3 is 0 Å². The Hall–Kier alpha value is -1.16. The van der Waals surface area contributed by atoms with Crippen molar-refractivity contribution in [3.8, 4) is 0 Å². The summed E-state index contributed by atoms with van der Waals surface area (Å²) in [7, 11) is 0. The molecule has 0 radical (unpaired) electrons. The molecule has 17 heavy (non-hydrogen) atoms. The van der Waals surface area contributed by atoms with E-state index in [0.717, 1.165) is 38.6 Å². The standard InChI is InChI=1S/C13H21N3O/c1-2-7-16-10-11(9-15-16)12(17)8-13(14)5-3-4-6-13/h9-10H,2-8,14H2,1H3. The molecule has 0 amide bonds. The van der Waals surface area contributed by atoms with Crippen molar-refractivity contribution in [3.63, 3.8) is 0 Å². The third-order valence-corrected chi connectivity index (χ3v) is 3.52. The van der Waals surface area contributed by atoms with Crippen molar-refractivity contribution in [3.05, 3.63) is 18.0 Å². The Labute approximate surface area is 102 Å². The molecule has 0 saturated heterocycles. The molecule has 1 aliphatic carbocycles. The van der Waals surface area contributed by atoms with E-state index in [0.29, 0.717) is 12.0 Å². The van der Waals surface area contributed by atoms with Gasteiger partial charge in [0.2, 0.25) is 0 Å². The molecule has 0 bridgehead atoms. The summed E-state index contributed by atoms with van der Waals surface area (Å²) in [5.41, 5.74) is 6.66. The Morgan fingerprint density at radius 3 is 2.88 bits per heavy atom. The van der Waals surface area contributed by atoms with Gasteiger partial charge in [0.15, 0.2) is 5.78 Å². The first-order chi connectivity index (χ1) is 8.13. The average molecular weight is 235 g/mol. The lowest BCUT2D eigenvalue weighted by atomic mass is 9.91. The van der Waals surface area contributed by atoms with E-state index in [1.54, 1.807) is 6.20 Å². The van der Waals surface area contributed by atoms with Crippen LogP contribution < -0.4 is 5.73 Å². The quantitative estimate of drug-likeness (QED) is 0.795. The largest absolute Gasteiger partial charge is 0.325 e. The van der Waals surface area contributed by atoms with Crippen LogP contribution >= 0.6 is 0 Å². The highest BCUT2D eigenvalue weighted by Crippen LogP contribution is 2.31. The van der Waals surface area contributed by atoms with Crippen LogP contribution in [0.1, 0.15) is 55.8 Å². The van der Waals surface area contributed by atoms with Crippen molar-refractivity contribution in [1.29, 1.82) is 0 Å². The van der Waals surface area contributed by atoms with Crippen LogP contribution in [0.2, 0.25) is 0 Å². The number of nitrogens with zero attached hydrogens (tertiary/aromatic N) is 2. The predicted molar refractivity (Wildman–Crippen MR) is 66.9 cm³/mol. The number of aromatic nitrogens is 2. The van der Waals surface area contributed by atoms with Crippen LogP contribution in [0.3, 0.4) is 0 Å². The van der Waals surface area contributed by atoms with Gasteiger partial charge in [-0.2, -0.15) is 5.10 Å². The highest BCUT2D eigenvalue weighted by Gasteiger charge is 2.32. The molecule has 2 N–H and O–H groups in total. The number of carbonyl (C=O) groups excluding carboxylic acids is 1. The van der Waals surface area contributed by atoms with Gasteiger partial charge in [0.05, 0.1) is 11.8 Å². The van der Waals surface area contributed by atoms with E-state index in [-0.39, 0.29) is 11.3 Å². The second-order valence-electron chi connectivity index (χ2n) is 5.16. The van der Waals surface area contributed by atoms with Gasteiger partial charge in [-0.05, 0) is 19.3 Å². The number of hydrogen-bond acceptors (Lipinski definition) is 3. The van der Waals surface area contributed by atoms with Crippen molar-refractivity contribution in [2.45, 2.75) is 57.5 Å². The van der Waals surface area contributed by atoms with E-state index >= 15 is 0 Å². The summed E-state index contributed by atoms with van der Waals surface area (Å²) < 4.78 is 1.82. The van der Waals surface area contributed by atoms with Crippen LogP contribution in [0.4, 0.5) is 0 Å². The molecule has 4 heteroatoms. The maximum absolute atomic E-state index is 12.1. The van der Waals surface area contributed by atoms with Crippen molar-refractivity contribution in [2.75, 3.05) is 0 Å². The van der Waals surface area contributed by atoms with Crippen molar-refractivity contribution >= 4 is 5.78 Å². The minimum absolute atomic E-state index is 0.136. The fraction of sp³-hybridized carbons (Fsp3) is 0.692. The summed E-state index contributed by atoms with van der Waals surface area (Å²) >= 11 is 0. The van der Waals surface area contributed by atoms with Crippen molar-refractivity contribution in [1.82, 2.24) is 9.78 Å². The topological polar surface area (TPSA) is 60.9 Å². The summed E-state index contributed by atoms with van der Waals surface area (Å²) in [6.07, 6.45) is 9.24.